The van der Waals surface area contributed by atoms with Crippen molar-refractivity contribution in [1.82, 2.24) is 0 Å². The van der Waals surface area contributed by atoms with Gasteiger partial charge >= 0.3 is 0 Å². The van der Waals surface area contributed by atoms with Crippen molar-refractivity contribution in [2.75, 3.05) is 0 Å². The van der Waals surface area contributed by atoms with Gasteiger partial charge in [0.1, 0.15) is 5.78 Å². The molecule has 0 bridgehead atoms. The molecule has 4 rings (SSSR count). The summed E-state index contributed by atoms with van der Waals surface area (Å²) in [4.78, 5) is 12.8. The SMILES string of the molecule is C[C@]12CC[C@H](O)CC1=CC(Br)[C@@H]1[C@@H]2CC[C@]2(C)C(=O)CC[C@@H]12. The molecule has 4 aliphatic rings. The molecule has 0 aliphatic heterocycles. The molecule has 7 atom stereocenters. The summed E-state index contributed by atoms with van der Waals surface area (Å²) < 4.78 is 0. The molecule has 22 heavy (non-hydrogen) atoms. The van der Waals surface area contributed by atoms with Gasteiger partial charge in [-0.15, -0.1) is 0 Å². The number of fused-ring (bicyclic) bond motifs is 5. The number of aliphatic hydroxyl groups is 1. The number of aliphatic hydroxyl groups excluding tert-OH is 1. The molecule has 0 aromatic rings. The van der Waals surface area contributed by atoms with E-state index in [1.54, 1.807) is 0 Å². The second-order valence-corrected chi connectivity index (χ2v) is 9.72. The lowest BCUT2D eigenvalue weighted by Gasteiger charge is -2.58. The summed E-state index contributed by atoms with van der Waals surface area (Å²) in [5, 5.41) is 10.1. The highest BCUT2D eigenvalue weighted by molar-refractivity contribution is 9.09. The lowest BCUT2D eigenvalue weighted by molar-refractivity contribution is -0.131. The Morgan fingerprint density at radius 3 is 2.59 bits per heavy atom. The molecule has 0 amide bonds. The van der Waals surface area contributed by atoms with E-state index in [4.69, 9.17) is 0 Å². The molecule has 0 aromatic carbocycles. The number of rotatable bonds is 0. The smallest absolute Gasteiger partial charge is 0.139 e. The summed E-state index contributed by atoms with van der Waals surface area (Å²) in [6.45, 7) is 4.66. The van der Waals surface area contributed by atoms with Crippen molar-refractivity contribution >= 4 is 21.7 Å². The van der Waals surface area contributed by atoms with Crippen LogP contribution in [0, 0.1) is 28.6 Å². The zero-order valence-electron chi connectivity index (χ0n) is 13.6. The number of allylic oxidation sites excluding steroid dienone is 1. The van der Waals surface area contributed by atoms with Crippen LogP contribution in [0.1, 0.15) is 58.8 Å². The van der Waals surface area contributed by atoms with Crippen molar-refractivity contribution in [3.05, 3.63) is 11.6 Å². The summed E-state index contributed by atoms with van der Waals surface area (Å²) >= 11 is 3.95. The molecular weight excluding hydrogens is 340 g/mol. The summed E-state index contributed by atoms with van der Waals surface area (Å²) in [6.07, 6.45) is 9.26. The molecule has 0 heterocycles. The van der Waals surface area contributed by atoms with Crippen LogP contribution < -0.4 is 0 Å². The quantitative estimate of drug-likeness (QED) is 0.513. The minimum Gasteiger partial charge on any atom is -0.393 e. The van der Waals surface area contributed by atoms with Crippen LogP contribution in [0.25, 0.3) is 0 Å². The van der Waals surface area contributed by atoms with E-state index in [0.29, 0.717) is 28.4 Å². The summed E-state index contributed by atoms with van der Waals surface area (Å²) in [5.74, 6) is 2.32. The van der Waals surface area contributed by atoms with Gasteiger partial charge in [0.25, 0.3) is 0 Å². The highest BCUT2D eigenvalue weighted by atomic mass is 79.9. The summed E-state index contributed by atoms with van der Waals surface area (Å²) in [5.41, 5.74) is 1.66. The third kappa shape index (κ3) is 1.90. The first-order chi connectivity index (χ1) is 10.4. The van der Waals surface area contributed by atoms with E-state index in [9.17, 15) is 9.90 Å². The van der Waals surface area contributed by atoms with E-state index in [1.807, 2.05) is 0 Å². The Hall–Kier alpha value is -0.150. The van der Waals surface area contributed by atoms with Crippen LogP contribution in [0.4, 0.5) is 0 Å². The van der Waals surface area contributed by atoms with Crippen LogP contribution in [-0.4, -0.2) is 21.8 Å². The zero-order valence-corrected chi connectivity index (χ0v) is 15.2. The van der Waals surface area contributed by atoms with E-state index in [2.05, 4.69) is 35.9 Å². The molecule has 0 radical (unpaired) electrons. The topological polar surface area (TPSA) is 37.3 Å². The van der Waals surface area contributed by atoms with Gasteiger partial charge in [-0.05, 0) is 61.7 Å². The van der Waals surface area contributed by atoms with Gasteiger partial charge in [-0.1, -0.05) is 41.4 Å². The van der Waals surface area contributed by atoms with Gasteiger partial charge < -0.3 is 5.11 Å². The molecule has 122 valence electrons. The Balaban J connectivity index is 1.75. The lowest BCUT2D eigenvalue weighted by atomic mass is 9.48. The van der Waals surface area contributed by atoms with Crippen molar-refractivity contribution < 1.29 is 9.90 Å². The fourth-order valence-corrected chi connectivity index (χ4v) is 7.41. The van der Waals surface area contributed by atoms with E-state index in [1.165, 1.54) is 12.0 Å². The summed E-state index contributed by atoms with van der Waals surface area (Å²) in [6, 6.07) is 0. The maximum atomic E-state index is 12.5. The van der Waals surface area contributed by atoms with Gasteiger partial charge in [-0.3, -0.25) is 4.79 Å². The number of carbonyl (C=O) groups is 1. The van der Waals surface area contributed by atoms with Gasteiger partial charge in [0.2, 0.25) is 0 Å². The monoisotopic (exact) mass is 366 g/mol. The maximum absolute atomic E-state index is 12.5. The number of hydrogen-bond donors (Lipinski definition) is 1. The molecule has 1 N–H and O–H groups in total. The first kappa shape index (κ1) is 15.4. The first-order valence-corrected chi connectivity index (χ1v) is 9.84. The molecule has 0 aromatic heterocycles. The fraction of sp³-hybridized carbons (Fsp3) is 0.842. The van der Waals surface area contributed by atoms with Crippen molar-refractivity contribution in [1.29, 1.82) is 0 Å². The van der Waals surface area contributed by atoms with Crippen LogP contribution in [0.15, 0.2) is 11.6 Å². The van der Waals surface area contributed by atoms with Gasteiger partial charge in [0.15, 0.2) is 0 Å². The molecule has 3 fully saturated rings. The molecule has 4 aliphatic carbocycles. The second-order valence-electron chi connectivity index (χ2n) is 8.66. The van der Waals surface area contributed by atoms with Crippen molar-refractivity contribution in [2.45, 2.75) is 69.7 Å². The van der Waals surface area contributed by atoms with Crippen LogP contribution in [-0.2, 0) is 4.79 Å². The highest BCUT2D eigenvalue weighted by Crippen LogP contribution is 2.64. The van der Waals surface area contributed by atoms with Gasteiger partial charge in [-0.25, -0.2) is 0 Å². The predicted molar refractivity (Wildman–Crippen MR) is 90.8 cm³/mol. The predicted octanol–water partition coefficient (Wildman–Crippen LogP) is 4.25. The van der Waals surface area contributed by atoms with Crippen LogP contribution >= 0.6 is 15.9 Å². The Kier molecular flexibility index (Phi) is 3.44. The maximum Gasteiger partial charge on any atom is 0.139 e. The van der Waals surface area contributed by atoms with Crippen LogP contribution in [0.2, 0.25) is 0 Å². The van der Waals surface area contributed by atoms with Gasteiger partial charge in [-0.2, -0.15) is 0 Å². The normalized spacial score (nSPS) is 54.3. The zero-order chi connectivity index (χ0) is 15.7. The van der Waals surface area contributed by atoms with Crippen molar-refractivity contribution in [2.24, 2.45) is 28.6 Å². The third-order valence-corrected chi connectivity index (χ3v) is 8.65. The van der Waals surface area contributed by atoms with E-state index in [0.717, 1.165) is 38.5 Å². The summed E-state index contributed by atoms with van der Waals surface area (Å²) in [7, 11) is 0. The Morgan fingerprint density at radius 1 is 1.14 bits per heavy atom. The molecule has 3 saturated carbocycles. The van der Waals surface area contributed by atoms with Gasteiger partial charge in [0.05, 0.1) is 6.10 Å². The lowest BCUT2D eigenvalue weighted by Crippen LogP contribution is -2.53. The number of alkyl halides is 1. The largest absolute Gasteiger partial charge is 0.393 e. The second kappa shape index (κ2) is 4.92. The molecule has 3 heteroatoms. The first-order valence-electron chi connectivity index (χ1n) is 8.93. The standard InChI is InChI=1S/C19H27BrO2/c1-18-7-5-12(21)9-11(18)10-15(20)17-13-3-4-16(22)19(13,2)8-6-14(17)18/h10,12-15,17,21H,3-9H2,1-2H3/t12-,13-,14-,15?,17-,18-,19-/m0/s1. The minimum atomic E-state index is -0.155. The fourth-order valence-electron chi connectivity index (χ4n) is 6.36. The highest BCUT2D eigenvalue weighted by Gasteiger charge is 2.60. The van der Waals surface area contributed by atoms with Gasteiger partial charge in [0, 0.05) is 16.7 Å². The van der Waals surface area contributed by atoms with E-state index < -0.39 is 0 Å². The Labute approximate surface area is 141 Å². The Bertz CT molecular complexity index is 542. The van der Waals surface area contributed by atoms with Crippen molar-refractivity contribution in [3.8, 4) is 0 Å². The van der Waals surface area contributed by atoms with E-state index in [-0.39, 0.29) is 16.9 Å². The molecular formula is C19H27BrO2. The average Bonchev–Trinajstić information content (AvgIpc) is 2.77. The number of Topliss-reactive ketones (excluding diaryl/α,β-unsaturated/α-hetero) is 1. The van der Waals surface area contributed by atoms with Crippen LogP contribution in [0.5, 0.6) is 0 Å². The number of carbonyl (C=O) groups excluding carboxylic acids is 1. The molecule has 1 unspecified atom stereocenters. The van der Waals surface area contributed by atoms with Crippen LogP contribution in [0.3, 0.4) is 0 Å². The molecule has 2 nitrogen and oxygen atoms in total. The minimum absolute atomic E-state index is 0.0664. The Morgan fingerprint density at radius 2 is 1.82 bits per heavy atom. The van der Waals surface area contributed by atoms with E-state index >= 15 is 0 Å². The molecule has 0 spiro atoms. The number of halogens is 1. The third-order valence-electron chi connectivity index (χ3n) is 7.77. The van der Waals surface area contributed by atoms with Crippen molar-refractivity contribution in [3.63, 3.8) is 0 Å². The molecule has 0 saturated heterocycles. The number of ketones is 1. The number of hydrogen-bond acceptors (Lipinski definition) is 2. The average molecular weight is 367 g/mol.